The van der Waals surface area contributed by atoms with Crippen molar-refractivity contribution in [1.82, 2.24) is 20.0 Å². The average Bonchev–Trinajstić information content (AvgIpc) is 3.35. The lowest BCUT2D eigenvalue weighted by atomic mass is 10.1. The number of likely N-dealkylation sites (tertiary alicyclic amines) is 1. The topological polar surface area (TPSA) is 60.4 Å². The Balaban J connectivity index is 0.00000363. The first-order valence-corrected chi connectivity index (χ1v) is 11.8. The summed E-state index contributed by atoms with van der Waals surface area (Å²) in [6, 6.07) is 8.37. The molecule has 8 heteroatoms. The predicted molar refractivity (Wildman–Crippen MR) is 140 cm³/mol. The van der Waals surface area contributed by atoms with Gasteiger partial charge >= 0.3 is 0 Å². The van der Waals surface area contributed by atoms with Crippen molar-refractivity contribution in [2.45, 2.75) is 52.3 Å². The van der Waals surface area contributed by atoms with Crippen LogP contribution in [0.25, 0.3) is 0 Å². The zero-order valence-electron chi connectivity index (χ0n) is 19.9. The molecule has 2 saturated heterocycles. The quantitative estimate of drug-likeness (QED) is 0.231. The van der Waals surface area contributed by atoms with Crippen LogP contribution in [0.5, 0.6) is 0 Å². The van der Waals surface area contributed by atoms with E-state index in [2.05, 4.69) is 58.2 Å². The van der Waals surface area contributed by atoms with E-state index in [9.17, 15) is 4.79 Å². The van der Waals surface area contributed by atoms with Crippen LogP contribution in [0.4, 0.5) is 0 Å². The van der Waals surface area contributed by atoms with Gasteiger partial charge < -0.3 is 19.9 Å². The lowest BCUT2D eigenvalue weighted by Crippen LogP contribution is -2.57. The highest BCUT2D eigenvalue weighted by atomic mass is 127. The summed E-state index contributed by atoms with van der Waals surface area (Å²) in [5, 5.41) is 3.52. The van der Waals surface area contributed by atoms with Crippen LogP contribution in [0.15, 0.2) is 29.3 Å². The highest BCUT2D eigenvalue weighted by Gasteiger charge is 2.30. The van der Waals surface area contributed by atoms with Crippen LogP contribution in [0.1, 0.15) is 44.2 Å². The van der Waals surface area contributed by atoms with Crippen LogP contribution in [-0.2, 0) is 22.7 Å². The molecule has 0 spiro atoms. The number of hydrogen-bond donors (Lipinski definition) is 1. The molecule has 7 nitrogen and oxygen atoms in total. The van der Waals surface area contributed by atoms with Crippen molar-refractivity contribution >= 4 is 35.8 Å². The number of benzene rings is 1. The van der Waals surface area contributed by atoms with Gasteiger partial charge in [0, 0.05) is 59.5 Å². The van der Waals surface area contributed by atoms with Crippen LogP contribution in [0.2, 0.25) is 0 Å². The maximum Gasteiger partial charge on any atom is 0.239 e. The number of aliphatic imine (C=N–C) groups is 1. The number of guanidine groups is 1. The van der Waals surface area contributed by atoms with Crippen LogP contribution < -0.4 is 5.32 Å². The van der Waals surface area contributed by atoms with E-state index in [1.54, 1.807) is 0 Å². The van der Waals surface area contributed by atoms with Crippen molar-refractivity contribution in [3.05, 3.63) is 35.4 Å². The van der Waals surface area contributed by atoms with Gasteiger partial charge in [-0.3, -0.25) is 14.7 Å². The fourth-order valence-electron chi connectivity index (χ4n) is 4.38. The largest absolute Gasteiger partial charge is 0.377 e. The molecule has 1 aromatic carbocycles. The second-order valence-electron chi connectivity index (χ2n) is 8.45. The summed E-state index contributed by atoms with van der Waals surface area (Å²) in [5.74, 6) is 1.21. The highest BCUT2D eigenvalue weighted by Crippen LogP contribution is 2.15. The minimum atomic E-state index is -0.0368. The lowest BCUT2D eigenvalue weighted by molar-refractivity contribution is -0.135. The number of hydrogen-bond acceptors (Lipinski definition) is 4. The molecule has 2 heterocycles. The zero-order chi connectivity index (χ0) is 22.1. The number of nitrogens with zero attached hydrogens (tertiary/aromatic N) is 4. The third-order valence-electron chi connectivity index (χ3n) is 6.31. The summed E-state index contributed by atoms with van der Waals surface area (Å²) in [6.07, 6.45) is 3.31. The summed E-state index contributed by atoms with van der Waals surface area (Å²) in [6.45, 7) is 11.7. The van der Waals surface area contributed by atoms with Gasteiger partial charge in [0.15, 0.2) is 5.96 Å². The zero-order valence-corrected chi connectivity index (χ0v) is 22.2. The Kier molecular flexibility index (Phi) is 11.7. The summed E-state index contributed by atoms with van der Waals surface area (Å²) < 4.78 is 5.74. The molecule has 3 rings (SSSR count). The van der Waals surface area contributed by atoms with Gasteiger partial charge in [0.1, 0.15) is 0 Å². The monoisotopic (exact) mass is 557 g/mol. The number of carbonyl (C=O) groups is 1. The first kappa shape index (κ1) is 26.9. The van der Waals surface area contributed by atoms with E-state index in [1.165, 1.54) is 11.1 Å². The van der Waals surface area contributed by atoms with Crippen molar-refractivity contribution in [1.29, 1.82) is 0 Å². The first-order valence-electron chi connectivity index (χ1n) is 11.8. The molecule has 1 aromatic rings. The Bertz CT molecular complexity index is 731. The number of nitrogens with one attached hydrogen (secondary N) is 1. The Morgan fingerprint density at radius 1 is 1.06 bits per heavy atom. The van der Waals surface area contributed by atoms with Crippen molar-refractivity contribution in [2.24, 2.45) is 4.99 Å². The molecule has 32 heavy (non-hydrogen) atoms. The Hall–Kier alpha value is -1.39. The SMILES string of the molecule is CCCOCc1ccccc1CNC(=NC)N1CCN(C(C)C(=O)N2CCCC2)CC1.I. The number of piperazine rings is 1. The maximum atomic E-state index is 12.7. The summed E-state index contributed by atoms with van der Waals surface area (Å²) in [5.41, 5.74) is 2.46. The molecule has 2 aliphatic heterocycles. The van der Waals surface area contributed by atoms with Crippen LogP contribution in [-0.4, -0.2) is 85.5 Å². The third kappa shape index (κ3) is 7.31. The van der Waals surface area contributed by atoms with Crippen LogP contribution in [0.3, 0.4) is 0 Å². The second-order valence-corrected chi connectivity index (χ2v) is 8.45. The number of ether oxygens (including phenoxy) is 1. The van der Waals surface area contributed by atoms with Crippen molar-refractivity contribution in [3.8, 4) is 0 Å². The van der Waals surface area contributed by atoms with E-state index in [0.29, 0.717) is 6.61 Å². The molecule has 2 fully saturated rings. The van der Waals surface area contributed by atoms with Crippen molar-refractivity contribution < 1.29 is 9.53 Å². The Morgan fingerprint density at radius 2 is 1.72 bits per heavy atom. The number of rotatable bonds is 8. The predicted octanol–water partition coefficient (Wildman–Crippen LogP) is 2.94. The summed E-state index contributed by atoms with van der Waals surface area (Å²) in [4.78, 5) is 23.9. The van der Waals surface area contributed by atoms with Gasteiger partial charge in [-0.2, -0.15) is 0 Å². The fraction of sp³-hybridized carbons (Fsp3) is 0.667. The van der Waals surface area contributed by atoms with Gasteiger partial charge in [0.25, 0.3) is 0 Å². The van der Waals surface area contributed by atoms with E-state index in [4.69, 9.17) is 4.74 Å². The van der Waals surface area contributed by atoms with E-state index < -0.39 is 0 Å². The molecule has 0 bridgehead atoms. The molecule has 0 aromatic heterocycles. The minimum absolute atomic E-state index is 0. The molecule has 0 radical (unpaired) electrons. The molecular formula is C24H40IN5O2. The normalized spacial score (nSPS) is 18.4. The van der Waals surface area contributed by atoms with Gasteiger partial charge in [0.2, 0.25) is 5.91 Å². The lowest BCUT2D eigenvalue weighted by Gasteiger charge is -2.39. The average molecular weight is 558 g/mol. The molecule has 1 N–H and O–H groups in total. The van der Waals surface area contributed by atoms with E-state index in [0.717, 1.165) is 77.6 Å². The second kappa shape index (κ2) is 14.0. The molecule has 1 unspecified atom stereocenters. The van der Waals surface area contributed by atoms with Gasteiger partial charge in [-0.1, -0.05) is 31.2 Å². The van der Waals surface area contributed by atoms with E-state index in [-0.39, 0.29) is 35.9 Å². The summed E-state index contributed by atoms with van der Waals surface area (Å²) in [7, 11) is 1.84. The van der Waals surface area contributed by atoms with Crippen molar-refractivity contribution in [2.75, 3.05) is 52.9 Å². The highest BCUT2D eigenvalue weighted by molar-refractivity contribution is 14.0. The smallest absolute Gasteiger partial charge is 0.239 e. The number of carbonyl (C=O) groups excluding carboxylic acids is 1. The Morgan fingerprint density at radius 3 is 2.34 bits per heavy atom. The van der Waals surface area contributed by atoms with E-state index in [1.807, 2.05) is 11.9 Å². The standard InChI is InChI=1S/C24H39N5O2.HI/c1-4-17-31-19-22-10-6-5-9-21(22)18-26-24(25-3)29-15-13-27(14-16-29)20(2)23(30)28-11-7-8-12-28;/h5-6,9-10,20H,4,7-8,11-19H2,1-3H3,(H,25,26);1H. The van der Waals surface area contributed by atoms with Crippen LogP contribution in [0, 0.1) is 0 Å². The van der Waals surface area contributed by atoms with Crippen LogP contribution >= 0.6 is 24.0 Å². The third-order valence-corrected chi connectivity index (χ3v) is 6.31. The molecule has 2 aliphatic rings. The molecule has 1 atom stereocenters. The Labute approximate surface area is 210 Å². The van der Waals surface area contributed by atoms with Gasteiger partial charge in [-0.05, 0) is 37.3 Å². The molecular weight excluding hydrogens is 517 g/mol. The van der Waals surface area contributed by atoms with Gasteiger partial charge in [0.05, 0.1) is 12.6 Å². The van der Waals surface area contributed by atoms with Gasteiger partial charge in [-0.15, -0.1) is 24.0 Å². The van der Waals surface area contributed by atoms with Crippen molar-refractivity contribution in [3.63, 3.8) is 0 Å². The fourth-order valence-corrected chi connectivity index (χ4v) is 4.38. The summed E-state index contributed by atoms with van der Waals surface area (Å²) >= 11 is 0. The molecule has 1 amide bonds. The van der Waals surface area contributed by atoms with Gasteiger partial charge in [-0.25, -0.2) is 0 Å². The number of halogens is 1. The molecule has 180 valence electrons. The molecule has 0 saturated carbocycles. The first-order chi connectivity index (χ1) is 15.1. The maximum absolute atomic E-state index is 12.7. The minimum Gasteiger partial charge on any atom is -0.377 e. The van der Waals surface area contributed by atoms with E-state index >= 15 is 0 Å². The molecule has 0 aliphatic carbocycles. The number of amides is 1.